The molecule has 4 heteroatoms. The first-order valence-electron chi connectivity index (χ1n) is 5.60. The summed E-state index contributed by atoms with van der Waals surface area (Å²) in [7, 11) is 3.94. The summed E-state index contributed by atoms with van der Waals surface area (Å²) in [5.41, 5.74) is 2.91. The Morgan fingerprint density at radius 1 is 1.47 bits per heavy atom. The number of anilines is 1. The van der Waals surface area contributed by atoms with E-state index in [9.17, 15) is 5.26 Å². The van der Waals surface area contributed by atoms with Crippen LogP contribution in [0.15, 0.2) is 18.2 Å². The van der Waals surface area contributed by atoms with Gasteiger partial charge < -0.3 is 10.2 Å². The van der Waals surface area contributed by atoms with Gasteiger partial charge >= 0.3 is 0 Å². The van der Waals surface area contributed by atoms with Crippen LogP contribution in [0.2, 0.25) is 0 Å². The molecule has 1 aromatic carbocycles. The van der Waals surface area contributed by atoms with Gasteiger partial charge in [0.1, 0.15) is 6.07 Å². The van der Waals surface area contributed by atoms with Crippen LogP contribution in [0.1, 0.15) is 11.1 Å². The van der Waals surface area contributed by atoms with E-state index in [-0.39, 0.29) is 0 Å². The smallest absolute Gasteiger partial charge is 0.101 e. The number of rotatable bonds is 6. The molecule has 0 fully saturated rings. The molecule has 0 aliphatic heterocycles. The van der Waals surface area contributed by atoms with E-state index in [1.807, 2.05) is 38.0 Å². The third-order valence-corrected chi connectivity index (χ3v) is 3.20. The Hall–Kier alpha value is -1.18. The van der Waals surface area contributed by atoms with Crippen molar-refractivity contribution in [1.82, 2.24) is 5.32 Å². The zero-order valence-electron chi connectivity index (χ0n) is 10.7. The second-order valence-electron chi connectivity index (χ2n) is 3.91. The lowest BCUT2D eigenvalue weighted by Gasteiger charge is -2.20. The summed E-state index contributed by atoms with van der Waals surface area (Å²) >= 11 is 1.81. The van der Waals surface area contributed by atoms with Crippen LogP contribution in [0, 0.1) is 11.3 Å². The highest BCUT2D eigenvalue weighted by molar-refractivity contribution is 7.98. The zero-order valence-corrected chi connectivity index (χ0v) is 11.5. The minimum Gasteiger partial charge on any atom is -0.373 e. The summed E-state index contributed by atoms with van der Waals surface area (Å²) in [6, 6.07) is 8.34. The van der Waals surface area contributed by atoms with Gasteiger partial charge in [0, 0.05) is 25.9 Å². The number of hydrogen-bond donors (Lipinski definition) is 1. The first-order chi connectivity index (χ1) is 8.22. The Balaban J connectivity index is 2.88. The van der Waals surface area contributed by atoms with Crippen LogP contribution in [-0.2, 0) is 6.54 Å². The quantitative estimate of drug-likeness (QED) is 0.838. The van der Waals surface area contributed by atoms with Gasteiger partial charge in [0.2, 0.25) is 0 Å². The van der Waals surface area contributed by atoms with E-state index < -0.39 is 0 Å². The summed E-state index contributed by atoms with van der Waals surface area (Å²) in [6.45, 7) is 1.75. The van der Waals surface area contributed by atoms with Crippen LogP contribution in [0.5, 0.6) is 0 Å². The fourth-order valence-corrected chi connectivity index (χ4v) is 2.12. The van der Waals surface area contributed by atoms with Crippen molar-refractivity contribution in [1.29, 1.82) is 5.26 Å². The maximum atomic E-state index is 9.18. The SMILES string of the molecule is CNCc1ccc(N(C)CCSC)c(C#N)c1. The zero-order chi connectivity index (χ0) is 12.7. The van der Waals surface area contributed by atoms with Gasteiger partial charge in [-0.15, -0.1) is 0 Å². The number of thioether (sulfide) groups is 1. The molecule has 92 valence electrons. The van der Waals surface area contributed by atoms with Gasteiger partial charge in [-0.05, 0) is 31.0 Å². The van der Waals surface area contributed by atoms with E-state index in [1.54, 1.807) is 0 Å². The minimum atomic E-state index is 0.751. The van der Waals surface area contributed by atoms with Crippen LogP contribution in [0.4, 0.5) is 5.69 Å². The summed E-state index contributed by atoms with van der Waals surface area (Å²) in [6.07, 6.45) is 2.09. The predicted octanol–water partition coefficient (Wildman–Crippen LogP) is 2.08. The molecule has 0 spiro atoms. The van der Waals surface area contributed by atoms with Crippen molar-refractivity contribution in [3.63, 3.8) is 0 Å². The second-order valence-corrected chi connectivity index (χ2v) is 4.89. The molecule has 0 saturated carbocycles. The highest BCUT2D eigenvalue weighted by Gasteiger charge is 2.07. The van der Waals surface area contributed by atoms with Crippen LogP contribution >= 0.6 is 11.8 Å². The molecule has 17 heavy (non-hydrogen) atoms. The number of nitriles is 1. The molecule has 0 aliphatic rings. The average Bonchev–Trinajstić information content (AvgIpc) is 2.36. The van der Waals surface area contributed by atoms with E-state index in [0.717, 1.165) is 35.7 Å². The molecule has 0 heterocycles. The minimum absolute atomic E-state index is 0.751. The first-order valence-corrected chi connectivity index (χ1v) is 7.00. The number of benzene rings is 1. The molecule has 0 atom stereocenters. The maximum Gasteiger partial charge on any atom is 0.101 e. The van der Waals surface area contributed by atoms with Gasteiger partial charge in [0.25, 0.3) is 0 Å². The summed E-state index contributed by atoms with van der Waals surface area (Å²) in [5.74, 6) is 1.07. The molecule has 1 aromatic rings. The van der Waals surface area contributed by atoms with Crippen molar-refractivity contribution >= 4 is 17.4 Å². The Morgan fingerprint density at radius 2 is 2.24 bits per heavy atom. The molecule has 3 nitrogen and oxygen atoms in total. The van der Waals surface area contributed by atoms with Crippen LogP contribution in [-0.4, -0.2) is 32.6 Å². The largest absolute Gasteiger partial charge is 0.373 e. The Morgan fingerprint density at radius 3 is 2.82 bits per heavy atom. The van der Waals surface area contributed by atoms with E-state index >= 15 is 0 Å². The Bertz CT molecular complexity index is 398. The predicted molar refractivity (Wildman–Crippen MR) is 75.6 cm³/mol. The molecular formula is C13H19N3S. The summed E-state index contributed by atoms with van der Waals surface area (Å²) < 4.78 is 0. The number of nitrogens with zero attached hydrogens (tertiary/aromatic N) is 2. The lowest BCUT2D eigenvalue weighted by atomic mass is 10.1. The van der Waals surface area contributed by atoms with Gasteiger partial charge in [-0.3, -0.25) is 0 Å². The van der Waals surface area contributed by atoms with Crippen molar-refractivity contribution in [2.75, 3.05) is 37.5 Å². The van der Waals surface area contributed by atoms with E-state index in [1.165, 1.54) is 0 Å². The van der Waals surface area contributed by atoms with Gasteiger partial charge in [-0.2, -0.15) is 17.0 Å². The molecule has 1 rings (SSSR count). The maximum absolute atomic E-state index is 9.18. The highest BCUT2D eigenvalue weighted by atomic mass is 32.2. The number of hydrogen-bond acceptors (Lipinski definition) is 4. The van der Waals surface area contributed by atoms with Crippen molar-refractivity contribution in [3.8, 4) is 6.07 Å². The second kappa shape index (κ2) is 7.21. The number of nitrogens with one attached hydrogen (secondary N) is 1. The lowest BCUT2D eigenvalue weighted by molar-refractivity contribution is 0.817. The van der Waals surface area contributed by atoms with Gasteiger partial charge in [0.15, 0.2) is 0 Å². The summed E-state index contributed by atoms with van der Waals surface area (Å²) in [4.78, 5) is 2.14. The Labute approximate surface area is 108 Å². The molecular weight excluding hydrogens is 230 g/mol. The van der Waals surface area contributed by atoms with Gasteiger partial charge in [-0.1, -0.05) is 6.07 Å². The third-order valence-electron chi connectivity index (χ3n) is 2.60. The van der Waals surface area contributed by atoms with Crippen molar-refractivity contribution < 1.29 is 0 Å². The molecule has 0 amide bonds. The molecule has 0 aromatic heterocycles. The summed E-state index contributed by atoms with van der Waals surface area (Å²) in [5, 5.41) is 12.3. The van der Waals surface area contributed by atoms with E-state index in [0.29, 0.717) is 0 Å². The molecule has 1 N–H and O–H groups in total. The molecule has 0 bridgehead atoms. The lowest BCUT2D eigenvalue weighted by Crippen LogP contribution is -2.21. The van der Waals surface area contributed by atoms with E-state index in [4.69, 9.17) is 0 Å². The van der Waals surface area contributed by atoms with Crippen molar-refractivity contribution in [3.05, 3.63) is 29.3 Å². The van der Waals surface area contributed by atoms with Crippen LogP contribution in [0.25, 0.3) is 0 Å². The third kappa shape index (κ3) is 3.95. The molecule has 0 aliphatic carbocycles. The topological polar surface area (TPSA) is 39.1 Å². The first kappa shape index (κ1) is 13.9. The monoisotopic (exact) mass is 249 g/mol. The molecule has 0 radical (unpaired) electrons. The van der Waals surface area contributed by atoms with Crippen molar-refractivity contribution in [2.24, 2.45) is 0 Å². The average molecular weight is 249 g/mol. The fourth-order valence-electron chi connectivity index (χ4n) is 1.67. The van der Waals surface area contributed by atoms with Gasteiger partial charge in [0.05, 0.1) is 11.3 Å². The Kier molecular flexibility index (Phi) is 5.88. The van der Waals surface area contributed by atoms with Gasteiger partial charge in [-0.25, -0.2) is 0 Å². The van der Waals surface area contributed by atoms with Crippen molar-refractivity contribution in [2.45, 2.75) is 6.54 Å². The normalized spacial score (nSPS) is 10.0. The highest BCUT2D eigenvalue weighted by Crippen LogP contribution is 2.20. The van der Waals surface area contributed by atoms with Crippen LogP contribution in [0.3, 0.4) is 0 Å². The van der Waals surface area contributed by atoms with Crippen LogP contribution < -0.4 is 10.2 Å². The fraction of sp³-hybridized carbons (Fsp3) is 0.462. The standard InChI is InChI=1S/C13H19N3S/c1-15-10-11-4-5-13(12(8-11)9-14)16(2)6-7-17-3/h4-5,8,15H,6-7,10H2,1-3H3. The molecule has 0 saturated heterocycles. The van der Waals surface area contributed by atoms with E-state index in [2.05, 4.69) is 28.6 Å². The molecule has 0 unspecified atom stereocenters.